The lowest BCUT2D eigenvalue weighted by molar-refractivity contribution is -0.199. The van der Waals surface area contributed by atoms with E-state index in [2.05, 4.69) is 62.5 Å². The number of nitrogens with two attached hydrogens (primary N) is 1. The van der Waals surface area contributed by atoms with E-state index >= 15 is 0 Å². The topological polar surface area (TPSA) is 204 Å². The van der Waals surface area contributed by atoms with Gasteiger partial charge in [0, 0.05) is 31.7 Å². The van der Waals surface area contributed by atoms with Gasteiger partial charge >= 0.3 is 19.8 Å². The van der Waals surface area contributed by atoms with Crippen LogP contribution in [0.5, 0.6) is 0 Å². The van der Waals surface area contributed by atoms with Gasteiger partial charge in [-0.05, 0) is 70.6 Å². The first-order chi connectivity index (χ1) is 29.5. The molecule has 6 N–H and O–H groups in total. The van der Waals surface area contributed by atoms with Gasteiger partial charge in [0.25, 0.3) is 0 Å². The monoisotopic (exact) mass is 880 g/mol. The maximum atomic E-state index is 12.6. The van der Waals surface area contributed by atoms with Crippen LogP contribution < -0.4 is 5.73 Å². The van der Waals surface area contributed by atoms with Gasteiger partial charge in [-0.1, -0.05) is 131 Å². The maximum absolute atomic E-state index is 12.6. The number of carbonyl (C=O) groups excluding carboxylic acids is 2. The molecule has 0 aliphatic carbocycles. The van der Waals surface area contributed by atoms with Crippen molar-refractivity contribution in [1.29, 1.82) is 0 Å². The van der Waals surface area contributed by atoms with E-state index in [1.165, 1.54) is 19.3 Å². The van der Waals surface area contributed by atoms with Crippen molar-refractivity contribution in [2.75, 3.05) is 26.4 Å². The quantitative estimate of drug-likeness (QED) is 0.0173. The lowest BCUT2D eigenvalue weighted by atomic mass is 9.87. The van der Waals surface area contributed by atoms with Crippen molar-refractivity contribution >= 4 is 19.8 Å². The van der Waals surface area contributed by atoms with Crippen molar-refractivity contribution < 1.29 is 57.6 Å². The number of hydrogen-bond donors (Lipinski definition) is 5. The Hall–Kier alpha value is -2.97. The first kappa shape index (κ1) is 56.0. The number of hydrogen-bond acceptors (Lipinski definition) is 12. The molecule has 0 bridgehead atoms. The summed E-state index contributed by atoms with van der Waals surface area (Å²) in [5.74, 6) is -1.45. The van der Waals surface area contributed by atoms with E-state index in [4.69, 9.17) is 29.0 Å². The fourth-order valence-corrected chi connectivity index (χ4v) is 6.89. The van der Waals surface area contributed by atoms with Crippen LogP contribution in [0.25, 0.3) is 0 Å². The molecular formula is C47H78NO12P. The fraction of sp³-hybridized carbons (Fsp3) is 0.660. The molecule has 0 aromatic carbocycles. The summed E-state index contributed by atoms with van der Waals surface area (Å²) in [7, 11) is -4.47. The summed E-state index contributed by atoms with van der Waals surface area (Å²) in [4.78, 5) is 35.1. The summed E-state index contributed by atoms with van der Waals surface area (Å²) in [6.07, 6.45) is 38.2. The summed E-state index contributed by atoms with van der Waals surface area (Å²) in [6.45, 7) is 3.18. The van der Waals surface area contributed by atoms with Crippen LogP contribution in [0, 0.1) is 5.92 Å². The van der Waals surface area contributed by atoms with Gasteiger partial charge in [-0.3, -0.25) is 18.6 Å². The number of esters is 2. The predicted octanol–water partition coefficient (Wildman–Crippen LogP) is 8.93. The zero-order chi connectivity index (χ0) is 44.8. The average molecular weight is 880 g/mol. The van der Waals surface area contributed by atoms with Gasteiger partial charge in [0.1, 0.15) is 6.61 Å². The molecule has 1 aliphatic heterocycles. The van der Waals surface area contributed by atoms with Crippen LogP contribution in [-0.2, 0) is 37.4 Å². The van der Waals surface area contributed by atoms with Crippen molar-refractivity contribution in [3.63, 3.8) is 0 Å². The normalized spacial score (nSPS) is 20.9. The number of aliphatic hydroxyl groups excluding tert-OH is 3. The Kier molecular flexibility index (Phi) is 34.5. The number of carbonyl (C=O) groups is 2. The third-order valence-corrected chi connectivity index (χ3v) is 10.5. The van der Waals surface area contributed by atoms with Gasteiger partial charge in [-0.25, -0.2) is 4.57 Å². The Balaban J connectivity index is 2.48. The summed E-state index contributed by atoms with van der Waals surface area (Å²) in [6, 6.07) is 0. The van der Waals surface area contributed by atoms with E-state index in [1.54, 1.807) is 12.2 Å². The maximum Gasteiger partial charge on any atom is 0.472 e. The molecule has 0 spiro atoms. The molecule has 1 rings (SSSR count). The van der Waals surface area contributed by atoms with Crippen LogP contribution in [0.15, 0.2) is 85.1 Å². The Morgan fingerprint density at radius 2 is 1.34 bits per heavy atom. The zero-order valence-electron chi connectivity index (χ0n) is 36.9. The molecule has 348 valence electrons. The second kappa shape index (κ2) is 37.6. The van der Waals surface area contributed by atoms with Crippen LogP contribution in [0.2, 0.25) is 0 Å². The predicted molar refractivity (Wildman–Crippen MR) is 241 cm³/mol. The van der Waals surface area contributed by atoms with Crippen LogP contribution in [0.3, 0.4) is 0 Å². The van der Waals surface area contributed by atoms with Crippen LogP contribution in [0.1, 0.15) is 136 Å². The average Bonchev–Trinajstić information content (AvgIpc) is 3.23. The molecule has 1 heterocycles. The third kappa shape index (κ3) is 32.4. The molecule has 0 saturated carbocycles. The minimum absolute atomic E-state index is 0.00172. The highest BCUT2D eigenvalue weighted by atomic mass is 31.2. The molecular weight excluding hydrogens is 801 g/mol. The molecule has 0 aromatic rings. The van der Waals surface area contributed by atoms with Crippen molar-refractivity contribution in [3.8, 4) is 0 Å². The van der Waals surface area contributed by atoms with E-state index < -0.39 is 57.1 Å². The molecule has 0 radical (unpaired) electrons. The SMILES string of the molecule is CCCCC/C=C\C/C=C\C/C=C\C/C=C\C/C=C\CCC(=O)O[C@H](COC(=O)CCC/C=C\C[C@H]1[C@@H](O)CC(O)O[C@@H]1/C=C/[C@@H](O)CCCCC)COP(=O)(O)OCCN. The Bertz CT molecular complexity index is 1390. The highest BCUT2D eigenvalue weighted by Gasteiger charge is 2.35. The molecule has 13 nitrogen and oxygen atoms in total. The molecule has 7 atom stereocenters. The van der Waals surface area contributed by atoms with E-state index in [1.807, 2.05) is 24.3 Å². The minimum atomic E-state index is -4.47. The summed E-state index contributed by atoms with van der Waals surface area (Å²) >= 11 is 0. The van der Waals surface area contributed by atoms with Gasteiger partial charge in [-0.2, -0.15) is 0 Å². The van der Waals surface area contributed by atoms with Crippen molar-refractivity contribution in [2.45, 2.75) is 167 Å². The highest BCUT2D eigenvalue weighted by molar-refractivity contribution is 7.47. The molecule has 0 amide bonds. The van der Waals surface area contributed by atoms with Crippen LogP contribution >= 0.6 is 7.82 Å². The number of ether oxygens (including phenoxy) is 3. The largest absolute Gasteiger partial charge is 0.472 e. The van der Waals surface area contributed by atoms with E-state index in [-0.39, 0.29) is 44.9 Å². The van der Waals surface area contributed by atoms with Crippen molar-refractivity contribution in [1.82, 2.24) is 0 Å². The second-order valence-electron chi connectivity index (χ2n) is 15.1. The first-order valence-corrected chi connectivity index (χ1v) is 24.0. The summed E-state index contributed by atoms with van der Waals surface area (Å²) < 4.78 is 38.3. The van der Waals surface area contributed by atoms with E-state index in [0.717, 1.165) is 51.4 Å². The summed E-state index contributed by atoms with van der Waals surface area (Å²) in [5, 5.41) is 30.9. The summed E-state index contributed by atoms with van der Waals surface area (Å²) in [5.41, 5.74) is 5.34. The third-order valence-electron chi connectivity index (χ3n) is 9.56. The van der Waals surface area contributed by atoms with Crippen molar-refractivity contribution in [3.05, 3.63) is 85.1 Å². The van der Waals surface area contributed by atoms with Gasteiger partial charge < -0.3 is 40.2 Å². The molecule has 2 unspecified atom stereocenters. The van der Waals surface area contributed by atoms with Crippen LogP contribution in [0.4, 0.5) is 0 Å². The van der Waals surface area contributed by atoms with Crippen molar-refractivity contribution in [2.24, 2.45) is 11.7 Å². The van der Waals surface area contributed by atoms with Gasteiger partial charge in [-0.15, -0.1) is 0 Å². The van der Waals surface area contributed by atoms with E-state index in [9.17, 15) is 34.4 Å². The smallest absolute Gasteiger partial charge is 0.462 e. The molecule has 1 aliphatic rings. The molecule has 1 saturated heterocycles. The fourth-order valence-electron chi connectivity index (χ4n) is 6.13. The highest BCUT2D eigenvalue weighted by Crippen LogP contribution is 2.43. The lowest BCUT2D eigenvalue weighted by Crippen LogP contribution is -2.43. The number of allylic oxidation sites excluding steroid dienone is 12. The molecule has 0 aromatic heterocycles. The number of unbranched alkanes of at least 4 members (excludes halogenated alkanes) is 6. The second-order valence-corrected chi connectivity index (χ2v) is 16.5. The molecule has 14 heteroatoms. The number of rotatable bonds is 36. The Morgan fingerprint density at radius 3 is 1.98 bits per heavy atom. The Labute approximate surface area is 366 Å². The number of aliphatic hydroxyl groups is 3. The number of phosphoric ester groups is 1. The standard InChI is InChI=1S/C47H78NO12P/c1-3-5-7-8-9-10-11-12-13-14-15-16-17-18-19-20-21-22-28-32-46(52)59-41(39-58-61(54,55)57-36-35-48)38-56-45(51)31-27-24-23-26-30-42-43(50)37-47(53)60-44(42)34-33-40(49)29-25-6-4-2/h9-10,12-13,15-16,18-19,21-23,26,33-34,40-44,47,49-50,53H,3-8,11,14,17,20,24-25,27-32,35-39,48H2,1-2H3,(H,54,55)/b10-9-,13-12-,16-15-,19-18-,22-21-,26-23-,34-33+/t40-,41+,42-,43-,44+,47?/m0/s1. The zero-order valence-corrected chi connectivity index (χ0v) is 37.8. The Morgan fingerprint density at radius 1 is 0.754 bits per heavy atom. The molecule has 61 heavy (non-hydrogen) atoms. The van der Waals surface area contributed by atoms with Gasteiger partial charge in [0.05, 0.1) is 31.5 Å². The minimum Gasteiger partial charge on any atom is -0.462 e. The first-order valence-electron chi connectivity index (χ1n) is 22.5. The lowest BCUT2D eigenvalue weighted by Gasteiger charge is -2.36. The van der Waals surface area contributed by atoms with E-state index in [0.29, 0.717) is 32.1 Å². The molecule has 1 fully saturated rings. The van der Waals surface area contributed by atoms with Crippen LogP contribution in [-0.4, -0.2) is 89.2 Å². The van der Waals surface area contributed by atoms with Gasteiger partial charge in [0.2, 0.25) is 0 Å². The number of phosphoric acid groups is 1. The van der Waals surface area contributed by atoms with Gasteiger partial charge in [0.15, 0.2) is 12.4 Å².